The third-order valence-corrected chi connectivity index (χ3v) is 6.43. The van der Waals surface area contributed by atoms with Gasteiger partial charge in [-0.3, -0.25) is 14.3 Å². The molecular weight excluding hydrogens is 430 g/mol. The van der Waals surface area contributed by atoms with Gasteiger partial charge in [0.05, 0.1) is 16.3 Å². The number of carbonyl (C=O) groups excluding carboxylic acids is 2. The summed E-state index contributed by atoms with van der Waals surface area (Å²) in [5, 5.41) is 7.09. The van der Waals surface area contributed by atoms with Crippen LogP contribution in [0.15, 0.2) is 59.5 Å². The van der Waals surface area contributed by atoms with Crippen molar-refractivity contribution in [1.29, 1.82) is 0 Å². The number of nitrogens with one attached hydrogen (secondary N) is 2. The number of anilines is 3. The number of hydrogen-bond donors (Lipinski definition) is 2. The lowest BCUT2D eigenvalue weighted by atomic mass is 10.3. The highest BCUT2D eigenvalue weighted by Crippen LogP contribution is 2.25. The maximum Gasteiger partial charge on any atom is 0.261 e. The molecule has 0 unspecified atom stereocenters. The van der Waals surface area contributed by atoms with Crippen LogP contribution >= 0.6 is 0 Å². The molecule has 2 heterocycles. The summed E-state index contributed by atoms with van der Waals surface area (Å²) >= 11 is 0. The van der Waals surface area contributed by atoms with Crippen LogP contribution in [0.3, 0.4) is 0 Å². The first kappa shape index (κ1) is 21.6. The molecule has 1 fully saturated rings. The molecule has 0 bridgehead atoms. The topological polar surface area (TPSA) is 113 Å². The van der Waals surface area contributed by atoms with Gasteiger partial charge in [0.15, 0.2) is 0 Å². The van der Waals surface area contributed by atoms with Crippen molar-refractivity contribution < 1.29 is 18.0 Å². The van der Waals surface area contributed by atoms with Gasteiger partial charge < -0.3 is 10.2 Å². The Morgan fingerprint density at radius 1 is 1.03 bits per heavy atom. The minimum Gasteiger partial charge on any atom is -0.312 e. The first-order chi connectivity index (χ1) is 15.2. The van der Waals surface area contributed by atoms with Crippen molar-refractivity contribution in [3.63, 3.8) is 0 Å². The van der Waals surface area contributed by atoms with Crippen LogP contribution in [0.5, 0.6) is 0 Å². The summed E-state index contributed by atoms with van der Waals surface area (Å²) in [4.78, 5) is 25.1. The van der Waals surface area contributed by atoms with Crippen molar-refractivity contribution in [2.45, 2.75) is 31.6 Å². The Bertz CT molecular complexity index is 1260. The molecule has 0 atom stereocenters. The largest absolute Gasteiger partial charge is 0.312 e. The molecule has 1 aliphatic rings. The van der Waals surface area contributed by atoms with Crippen LogP contribution < -0.4 is 14.9 Å². The van der Waals surface area contributed by atoms with E-state index in [9.17, 15) is 18.0 Å². The summed E-state index contributed by atoms with van der Waals surface area (Å²) in [5.74, 6) is 0.364. The number of aryl methyl sites for hydroxylation is 1. The van der Waals surface area contributed by atoms with Crippen LogP contribution in [0.25, 0.3) is 5.69 Å². The van der Waals surface area contributed by atoms with Gasteiger partial charge in [0.2, 0.25) is 11.8 Å². The molecule has 2 amide bonds. The van der Waals surface area contributed by atoms with Crippen LogP contribution in [0, 0.1) is 6.92 Å². The zero-order valence-electron chi connectivity index (χ0n) is 17.7. The van der Waals surface area contributed by atoms with Crippen molar-refractivity contribution in [3.05, 3.63) is 60.3 Å². The van der Waals surface area contributed by atoms with Gasteiger partial charge in [0, 0.05) is 37.3 Å². The van der Waals surface area contributed by atoms with Crippen LogP contribution in [0.1, 0.15) is 25.5 Å². The lowest BCUT2D eigenvalue weighted by Crippen LogP contribution is -2.23. The van der Waals surface area contributed by atoms with Gasteiger partial charge in [-0.25, -0.2) is 13.1 Å². The van der Waals surface area contributed by atoms with Gasteiger partial charge in [-0.1, -0.05) is 0 Å². The molecule has 2 aromatic carbocycles. The molecule has 0 aliphatic carbocycles. The van der Waals surface area contributed by atoms with E-state index in [-0.39, 0.29) is 16.7 Å². The molecule has 0 spiro atoms. The Kier molecular flexibility index (Phi) is 5.70. The zero-order chi connectivity index (χ0) is 22.9. The second-order valence-electron chi connectivity index (χ2n) is 7.56. The maximum atomic E-state index is 12.8. The van der Waals surface area contributed by atoms with Crippen molar-refractivity contribution in [2.24, 2.45) is 0 Å². The average Bonchev–Trinajstić information content (AvgIpc) is 3.33. The van der Waals surface area contributed by atoms with E-state index in [1.54, 1.807) is 52.0 Å². The second kappa shape index (κ2) is 8.46. The monoisotopic (exact) mass is 453 g/mol. The Morgan fingerprint density at radius 2 is 1.69 bits per heavy atom. The minimum atomic E-state index is -3.80. The summed E-state index contributed by atoms with van der Waals surface area (Å²) in [7, 11) is -3.80. The highest BCUT2D eigenvalue weighted by atomic mass is 32.2. The average molecular weight is 454 g/mol. The maximum absolute atomic E-state index is 12.8. The molecular formula is C22H23N5O4S. The lowest BCUT2D eigenvalue weighted by molar-refractivity contribution is -0.117. The normalized spacial score (nSPS) is 13.9. The fourth-order valence-corrected chi connectivity index (χ4v) is 4.64. The molecule has 9 nitrogen and oxygen atoms in total. The van der Waals surface area contributed by atoms with Crippen molar-refractivity contribution in [1.82, 2.24) is 9.78 Å². The number of amides is 2. The first-order valence-corrected chi connectivity index (χ1v) is 11.6. The Balaban J connectivity index is 1.51. The fraction of sp³-hybridized carbons (Fsp3) is 0.227. The predicted molar refractivity (Wildman–Crippen MR) is 121 cm³/mol. The van der Waals surface area contributed by atoms with Gasteiger partial charge >= 0.3 is 0 Å². The number of benzene rings is 2. The summed E-state index contributed by atoms with van der Waals surface area (Å²) in [6.07, 6.45) is 1.32. The van der Waals surface area contributed by atoms with E-state index in [2.05, 4.69) is 15.1 Å². The van der Waals surface area contributed by atoms with E-state index in [0.717, 1.165) is 12.1 Å². The smallest absolute Gasteiger partial charge is 0.261 e. The molecule has 1 aromatic heterocycles. The third-order valence-electron chi connectivity index (χ3n) is 5.03. The molecule has 2 N–H and O–H groups in total. The molecule has 1 saturated heterocycles. The summed E-state index contributed by atoms with van der Waals surface area (Å²) in [6, 6.07) is 14.7. The number of aromatic nitrogens is 2. The molecule has 166 valence electrons. The van der Waals surface area contributed by atoms with Crippen LogP contribution in [0.4, 0.5) is 17.2 Å². The minimum absolute atomic E-state index is 0.0489. The van der Waals surface area contributed by atoms with Gasteiger partial charge in [-0.2, -0.15) is 5.10 Å². The van der Waals surface area contributed by atoms with E-state index >= 15 is 0 Å². The molecule has 4 rings (SSSR count). The first-order valence-electron chi connectivity index (χ1n) is 10.1. The van der Waals surface area contributed by atoms with Crippen LogP contribution in [0.2, 0.25) is 0 Å². The standard InChI is InChI=1S/C22H23N5O4S/c1-15-14-21(23-16(2)28)27(24-15)19-7-5-17(6-8-19)25-32(30,31)20-11-9-18(10-12-20)26-13-3-4-22(26)29/h5-12,14,25H,3-4,13H2,1-2H3,(H,23,28). The van der Waals surface area contributed by atoms with Crippen LogP contribution in [-0.4, -0.2) is 36.6 Å². The summed E-state index contributed by atoms with van der Waals surface area (Å²) in [5.41, 5.74) is 2.49. The highest BCUT2D eigenvalue weighted by Gasteiger charge is 2.22. The fourth-order valence-electron chi connectivity index (χ4n) is 3.58. The SMILES string of the molecule is CC(=O)Nc1cc(C)nn1-c1ccc(NS(=O)(=O)c2ccc(N3CCCC3=O)cc2)cc1. The second-order valence-corrected chi connectivity index (χ2v) is 9.24. The van der Waals surface area contributed by atoms with Crippen molar-refractivity contribution >= 4 is 39.0 Å². The summed E-state index contributed by atoms with van der Waals surface area (Å²) in [6.45, 7) is 3.88. The number of hydrogen-bond acceptors (Lipinski definition) is 5. The number of carbonyl (C=O) groups is 2. The Labute approximate surface area is 186 Å². The lowest BCUT2D eigenvalue weighted by Gasteiger charge is -2.16. The van der Waals surface area contributed by atoms with E-state index in [4.69, 9.17) is 0 Å². The van der Waals surface area contributed by atoms with E-state index in [1.807, 2.05) is 6.92 Å². The summed E-state index contributed by atoms with van der Waals surface area (Å²) < 4.78 is 29.7. The van der Waals surface area contributed by atoms with Gasteiger partial charge in [-0.05, 0) is 61.9 Å². The number of nitrogens with zero attached hydrogens (tertiary/aromatic N) is 3. The molecule has 1 aliphatic heterocycles. The highest BCUT2D eigenvalue weighted by molar-refractivity contribution is 7.92. The molecule has 3 aromatic rings. The van der Waals surface area contributed by atoms with Gasteiger partial charge in [0.25, 0.3) is 10.0 Å². The van der Waals surface area contributed by atoms with Crippen molar-refractivity contribution in [2.75, 3.05) is 21.5 Å². The van der Waals surface area contributed by atoms with Crippen molar-refractivity contribution in [3.8, 4) is 5.69 Å². The Hall–Kier alpha value is -3.66. The van der Waals surface area contributed by atoms with E-state index in [0.29, 0.717) is 35.8 Å². The molecule has 0 radical (unpaired) electrons. The molecule has 0 saturated carbocycles. The van der Waals surface area contributed by atoms with Gasteiger partial charge in [-0.15, -0.1) is 0 Å². The number of sulfonamides is 1. The number of rotatable bonds is 6. The Morgan fingerprint density at radius 3 is 2.28 bits per heavy atom. The molecule has 10 heteroatoms. The van der Waals surface area contributed by atoms with E-state index < -0.39 is 10.0 Å². The zero-order valence-corrected chi connectivity index (χ0v) is 18.5. The molecule has 32 heavy (non-hydrogen) atoms. The quantitative estimate of drug-likeness (QED) is 0.596. The third kappa shape index (κ3) is 4.50. The van der Waals surface area contributed by atoms with Gasteiger partial charge in [0.1, 0.15) is 5.82 Å². The van der Waals surface area contributed by atoms with E-state index in [1.165, 1.54) is 19.1 Å². The van der Waals surface area contributed by atoms with Crippen LogP contribution in [-0.2, 0) is 19.6 Å². The predicted octanol–water partition coefficient (Wildman–Crippen LogP) is 3.07.